The molecular formula is C49H59F4N9O8. The van der Waals surface area contributed by atoms with E-state index in [4.69, 9.17) is 4.74 Å². The van der Waals surface area contributed by atoms with Gasteiger partial charge in [-0.25, -0.2) is 14.6 Å². The number of aryl methyl sites for hydroxylation is 1. The Morgan fingerprint density at radius 3 is 2.09 bits per heavy atom. The van der Waals surface area contributed by atoms with E-state index in [1.165, 1.54) is 29.2 Å². The van der Waals surface area contributed by atoms with E-state index >= 15 is 0 Å². The predicted molar refractivity (Wildman–Crippen MR) is 250 cm³/mol. The number of alkyl carbamates (subject to hydrolysis) is 1. The van der Waals surface area contributed by atoms with Crippen LogP contribution in [0.3, 0.4) is 0 Å². The second-order valence-corrected chi connectivity index (χ2v) is 19.0. The third-order valence-corrected chi connectivity index (χ3v) is 12.3. The summed E-state index contributed by atoms with van der Waals surface area (Å²) in [6.45, 7) is 8.31. The number of piperidine rings is 1. The van der Waals surface area contributed by atoms with E-state index in [1.807, 2.05) is 42.4 Å². The van der Waals surface area contributed by atoms with Gasteiger partial charge in [0.1, 0.15) is 11.6 Å². The first kappa shape index (κ1) is 52.3. The SMILES string of the molecule is Cc1cc(C(=O)NC2CCN(C(=O)O)CC2)ccc1-c1ccc(C[C@H](NC(=O)C2CCC(CNC(=O)OC(C)(C)C)CC2)C(=O)Nc2ccc(-c3n[nH]c(C(F)(F)C(F)(F)C(=O)N(C)C)n3)cc2)cc1. The Hall–Kier alpha value is -7.06. The van der Waals surface area contributed by atoms with E-state index in [9.17, 15) is 51.4 Å². The van der Waals surface area contributed by atoms with Crippen LogP contribution in [0, 0.1) is 18.8 Å². The maximum Gasteiger partial charge on any atom is 0.407 e. The van der Waals surface area contributed by atoms with E-state index in [0.717, 1.165) is 30.8 Å². The van der Waals surface area contributed by atoms with Crippen LogP contribution in [-0.4, -0.2) is 123 Å². The molecule has 21 heteroatoms. The second-order valence-electron chi connectivity index (χ2n) is 19.0. The van der Waals surface area contributed by atoms with Crippen LogP contribution in [0.2, 0.25) is 0 Å². The summed E-state index contributed by atoms with van der Waals surface area (Å²) in [5, 5.41) is 26.2. The van der Waals surface area contributed by atoms with Crippen molar-refractivity contribution in [2.75, 3.05) is 39.0 Å². The van der Waals surface area contributed by atoms with Crippen molar-refractivity contribution in [3.63, 3.8) is 0 Å². The molecule has 2 fully saturated rings. The fourth-order valence-corrected chi connectivity index (χ4v) is 8.37. The van der Waals surface area contributed by atoms with E-state index in [2.05, 4.69) is 31.3 Å². The molecule has 1 aromatic heterocycles. The number of halogens is 4. The quantitative estimate of drug-likeness (QED) is 0.0661. The van der Waals surface area contributed by atoms with Crippen molar-refractivity contribution in [3.05, 3.63) is 89.2 Å². The first-order valence-corrected chi connectivity index (χ1v) is 23.0. The molecule has 70 heavy (non-hydrogen) atoms. The molecule has 2 aliphatic rings. The molecule has 6 N–H and O–H groups in total. The number of carbonyl (C=O) groups excluding carboxylic acids is 5. The summed E-state index contributed by atoms with van der Waals surface area (Å²) in [6, 6.07) is 17.2. The van der Waals surface area contributed by atoms with Gasteiger partial charge >= 0.3 is 24.0 Å². The zero-order valence-corrected chi connectivity index (χ0v) is 39.8. The normalized spacial score (nSPS) is 17.2. The molecule has 0 unspecified atom stereocenters. The molecule has 376 valence electrons. The molecule has 3 aromatic carbocycles. The van der Waals surface area contributed by atoms with Crippen LogP contribution in [0.4, 0.5) is 32.8 Å². The van der Waals surface area contributed by atoms with Gasteiger partial charge in [0.2, 0.25) is 17.6 Å². The number of likely N-dealkylation sites (tertiary alicyclic amines) is 1. The molecule has 1 aliphatic heterocycles. The summed E-state index contributed by atoms with van der Waals surface area (Å²) >= 11 is 0. The third-order valence-electron chi connectivity index (χ3n) is 12.3. The Kier molecular flexibility index (Phi) is 16.2. The maximum absolute atomic E-state index is 14.8. The second kappa shape index (κ2) is 21.7. The zero-order valence-electron chi connectivity index (χ0n) is 39.8. The number of amides is 6. The third kappa shape index (κ3) is 13.0. The molecule has 1 atom stereocenters. The van der Waals surface area contributed by atoms with Crippen molar-refractivity contribution in [3.8, 4) is 22.5 Å². The van der Waals surface area contributed by atoms with Crippen molar-refractivity contribution >= 4 is 41.5 Å². The van der Waals surface area contributed by atoms with Crippen molar-refractivity contribution in [2.24, 2.45) is 11.8 Å². The van der Waals surface area contributed by atoms with E-state index < -0.39 is 59.2 Å². The van der Waals surface area contributed by atoms with Gasteiger partial charge in [0.05, 0.1) is 0 Å². The van der Waals surface area contributed by atoms with E-state index in [-0.39, 0.29) is 47.3 Å². The standard InChI is InChI=1S/C49H59F4N9O8/c1-28-25-34(41(64)55-36-21-23-62(24-22-36)46(68)69)17-20-37(28)31-11-7-29(8-12-31)26-38(57-40(63)33-13-9-30(10-14-33)27-54-45(67)70-47(2,3)4)42(65)56-35-18-15-32(16-19-35)39-58-43(60-59-39)48(50,51)49(52,53)44(66)61(5)6/h7-8,11-12,15-20,25,30,33,36,38H,9-10,13-14,21-24,26-27H2,1-6H3,(H,54,67)(H,55,64)(H,56,65)(H,57,63)(H,68,69)(H,58,59,60)/t30?,33?,38-/m0/s1. The monoisotopic (exact) mass is 977 g/mol. The molecule has 0 radical (unpaired) electrons. The van der Waals surface area contributed by atoms with Gasteiger partial charge < -0.3 is 40.9 Å². The zero-order chi connectivity index (χ0) is 51.1. The summed E-state index contributed by atoms with van der Waals surface area (Å²) in [5.41, 5.74) is 3.48. The van der Waals surface area contributed by atoms with Gasteiger partial charge in [-0.15, -0.1) is 0 Å². The fourth-order valence-electron chi connectivity index (χ4n) is 8.37. The molecule has 6 rings (SSSR count). The number of alkyl halides is 4. The molecule has 17 nitrogen and oxygen atoms in total. The highest BCUT2D eigenvalue weighted by Crippen LogP contribution is 2.43. The number of rotatable bonds is 15. The number of anilines is 1. The minimum absolute atomic E-state index is 0.0870. The Labute approximate surface area is 402 Å². The van der Waals surface area contributed by atoms with Crippen LogP contribution >= 0.6 is 0 Å². The number of nitrogens with one attached hydrogen (secondary N) is 5. The van der Waals surface area contributed by atoms with Crippen LogP contribution in [0.15, 0.2) is 66.7 Å². The number of carbonyl (C=O) groups is 6. The first-order chi connectivity index (χ1) is 32.9. The molecule has 1 saturated carbocycles. The Balaban J connectivity index is 1.13. The minimum Gasteiger partial charge on any atom is -0.465 e. The van der Waals surface area contributed by atoms with Gasteiger partial charge in [0.25, 0.3) is 11.8 Å². The number of aromatic nitrogens is 3. The maximum atomic E-state index is 14.8. The number of nitrogens with zero attached hydrogens (tertiary/aromatic N) is 4. The average Bonchev–Trinajstić information content (AvgIpc) is 3.82. The first-order valence-electron chi connectivity index (χ1n) is 23.0. The Morgan fingerprint density at radius 1 is 0.871 bits per heavy atom. The highest BCUT2D eigenvalue weighted by atomic mass is 19.3. The van der Waals surface area contributed by atoms with Gasteiger partial charge in [0.15, 0.2) is 5.82 Å². The number of ether oxygens (including phenoxy) is 1. The van der Waals surface area contributed by atoms with Crippen molar-refractivity contribution < 1.29 is 56.2 Å². The Morgan fingerprint density at radius 2 is 1.50 bits per heavy atom. The topological polar surface area (TPSA) is 228 Å². The molecular weight excluding hydrogens is 919 g/mol. The van der Waals surface area contributed by atoms with Gasteiger partial charge in [-0.05, 0) is 131 Å². The lowest BCUT2D eigenvalue weighted by Gasteiger charge is -2.30. The molecule has 4 aromatic rings. The molecule has 0 spiro atoms. The highest BCUT2D eigenvalue weighted by molar-refractivity contribution is 5.98. The van der Waals surface area contributed by atoms with Gasteiger partial charge in [-0.2, -0.15) is 22.7 Å². The number of hydrogen-bond acceptors (Lipinski definition) is 9. The summed E-state index contributed by atoms with van der Waals surface area (Å²) < 4.78 is 64.0. The summed E-state index contributed by atoms with van der Waals surface area (Å²) in [7, 11) is 1.84. The predicted octanol–water partition coefficient (Wildman–Crippen LogP) is 7.13. The highest BCUT2D eigenvalue weighted by Gasteiger charge is 2.65. The molecule has 0 bridgehead atoms. The lowest BCUT2D eigenvalue weighted by atomic mass is 9.81. The fraction of sp³-hybridized carbons (Fsp3) is 0.469. The molecule has 6 amide bonds. The van der Waals surface area contributed by atoms with Crippen LogP contribution < -0.4 is 21.3 Å². The van der Waals surface area contributed by atoms with Crippen LogP contribution in [0.1, 0.15) is 86.6 Å². The van der Waals surface area contributed by atoms with Crippen molar-refractivity contribution in [1.29, 1.82) is 0 Å². The molecule has 1 aliphatic carbocycles. The Bertz CT molecular complexity index is 2530. The number of carboxylic acid groups (broad SMARTS) is 1. The van der Waals surface area contributed by atoms with Gasteiger partial charge in [-0.3, -0.25) is 24.3 Å². The molecule has 2 heterocycles. The summed E-state index contributed by atoms with van der Waals surface area (Å²) in [6.07, 6.45) is 2.03. The average molecular weight is 978 g/mol. The van der Waals surface area contributed by atoms with Gasteiger partial charge in [-0.1, -0.05) is 30.3 Å². The number of aromatic amines is 1. The van der Waals surface area contributed by atoms with Gasteiger partial charge in [0, 0.05) is 68.9 Å². The largest absolute Gasteiger partial charge is 0.465 e. The van der Waals surface area contributed by atoms with E-state index in [0.29, 0.717) is 74.2 Å². The molecule has 1 saturated heterocycles. The lowest BCUT2D eigenvalue weighted by Crippen LogP contribution is -2.50. The summed E-state index contributed by atoms with van der Waals surface area (Å²) in [5.74, 6) is -15.5. The van der Waals surface area contributed by atoms with Crippen molar-refractivity contribution in [1.82, 2.24) is 40.9 Å². The number of hydrogen-bond donors (Lipinski definition) is 6. The smallest absolute Gasteiger partial charge is 0.407 e. The van der Waals surface area contributed by atoms with Crippen LogP contribution in [0.25, 0.3) is 22.5 Å². The lowest BCUT2D eigenvalue weighted by molar-refractivity contribution is -0.224. The van der Waals surface area contributed by atoms with Crippen molar-refractivity contribution in [2.45, 2.75) is 102 Å². The summed E-state index contributed by atoms with van der Waals surface area (Å²) in [4.78, 5) is 81.5. The number of H-pyrrole nitrogens is 1. The minimum atomic E-state index is -5.12. The van der Waals surface area contributed by atoms with Crippen LogP contribution in [0.5, 0.6) is 0 Å². The number of benzene rings is 3. The van der Waals surface area contributed by atoms with Crippen LogP contribution in [-0.2, 0) is 31.5 Å². The van der Waals surface area contributed by atoms with E-state index in [1.54, 1.807) is 32.9 Å².